The lowest BCUT2D eigenvalue weighted by Crippen LogP contribution is -2.34. The molecule has 0 N–H and O–H groups in total. The molecular weight excluding hydrogens is 329 g/mol. The first-order chi connectivity index (χ1) is 12.7. The Kier molecular flexibility index (Phi) is 6.40. The zero-order chi connectivity index (χ0) is 18.4. The molecule has 4 rings (SSSR count). The average Bonchev–Trinajstić information content (AvgIpc) is 2.69. The lowest BCUT2D eigenvalue weighted by Gasteiger charge is -2.35. The van der Waals surface area contributed by atoms with E-state index in [-0.39, 0.29) is 11.9 Å². The molecule has 0 spiro atoms. The van der Waals surface area contributed by atoms with Crippen molar-refractivity contribution >= 4 is 6.41 Å². The number of benzene rings is 2. The maximum Gasteiger partial charge on any atom is 0.210 e. The summed E-state index contributed by atoms with van der Waals surface area (Å²) in [4.78, 5) is 13.0. The number of rotatable bonds is 2. The van der Waals surface area contributed by atoms with Gasteiger partial charge >= 0.3 is 0 Å². The van der Waals surface area contributed by atoms with Crippen molar-refractivity contribution in [2.24, 2.45) is 0 Å². The van der Waals surface area contributed by atoms with E-state index >= 15 is 0 Å². The van der Waals surface area contributed by atoms with Gasteiger partial charge in [0.25, 0.3) is 0 Å². The second-order valence-electron chi connectivity index (χ2n) is 6.92. The smallest absolute Gasteiger partial charge is 0.210 e. The molecule has 2 aliphatic heterocycles. The fraction of sp³-hybridized carbons (Fsp3) is 0.409. The van der Waals surface area contributed by atoms with Gasteiger partial charge in [0.1, 0.15) is 5.82 Å². The van der Waals surface area contributed by atoms with Crippen LogP contribution >= 0.6 is 0 Å². The van der Waals surface area contributed by atoms with E-state index in [1.54, 1.807) is 17.0 Å². The Hall–Kier alpha value is -2.20. The van der Waals surface area contributed by atoms with Crippen molar-refractivity contribution in [2.75, 3.05) is 13.2 Å². The summed E-state index contributed by atoms with van der Waals surface area (Å²) in [5, 5.41) is 0. The van der Waals surface area contributed by atoms with Gasteiger partial charge in [-0.2, -0.15) is 0 Å². The van der Waals surface area contributed by atoms with Crippen LogP contribution in [-0.4, -0.2) is 30.6 Å². The average molecular weight is 355 g/mol. The van der Waals surface area contributed by atoms with Crippen LogP contribution in [0.5, 0.6) is 0 Å². The van der Waals surface area contributed by atoms with Gasteiger partial charge in [0.15, 0.2) is 0 Å². The second kappa shape index (κ2) is 8.95. The van der Waals surface area contributed by atoms with Gasteiger partial charge in [-0.25, -0.2) is 4.39 Å². The molecular formula is C22H26FNO2. The minimum absolute atomic E-state index is 0.108. The van der Waals surface area contributed by atoms with Gasteiger partial charge in [-0.3, -0.25) is 4.79 Å². The highest BCUT2D eigenvalue weighted by atomic mass is 19.1. The van der Waals surface area contributed by atoms with Crippen LogP contribution in [0.3, 0.4) is 0 Å². The minimum atomic E-state index is -0.259. The quantitative estimate of drug-likeness (QED) is 0.742. The Morgan fingerprint density at radius 3 is 2.50 bits per heavy atom. The number of amides is 1. The summed E-state index contributed by atoms with van der Waals surface area (Å²) in [5.41, 5.74) is 3.34. The Labute approximate surface area is 154 Å². The van der Waals surface area contributed by atoms with E-state index < -0.39 is 0 Å². The number of halogens is 1. The third-order valence-electron chi connectivity index (χ3n) is 5.05. The summed E-state index contributed by atoms with van der Waals surface area (Å²) in [6.45, 7) is 3.82. The van der Waals surface area contributed by atoms with E-state index in [2.05, 4.69) is 13.0 Å². The van der Waals surface area contributed by atoms with Crippen LogP contribution in [0.25, 0.3) is 0 Å². The number of nitrogens with zero attached hydrogens (tertiary/aromatic N) is 1. The summed E-state index contributed by atoms with van der Waals surface area (Å²) < 4.78 is 18.3. The summed E-state index contributed by atoms with van der Waals surface area (Å²) in [6, 6.07) is 14.4. The van der Waals surface area contributed by atoms with Crippen LogP contribution in [0.1, 0.15) is 48.9 Å². The van der Waals surface area contributed by atoms with Crippen molar-refractivity contribution < 1.29 is 13.9 Å². The Morgan fingerprint density at radius 2 is 1.88 bits per heavy atom. The largest absolute Gasteiger partial charge is 0.379 e. The first kappa shape index (κ1) is 18.6. The van der Waals surface area contributed by atoms with Crippen molar-refractivity contribution in [3.63, 3.8) is 0 Å². The molecule has 0 radical (unpaired) electrons. The molecule has 1 fully saturated rings. The molecule has 1 unspecified atom stereocenters. The molecule has 2 atom stereocenters. The predicted molar refractivity (Wildman–Crippen MR) is 100 cm³/mol. The highest BCUT2D eigenvalue weighted by Crippen LogP contribution is 2.34. The Balaban J connectivity index is 0.000000236. The first-order valence-electron chi connectivity index (χ1n) is 9.35. The number of hydrogen-bond acceptors (Lipinski definition) is 2. The minimum Gasteiger partial charge on any atom is -0.379 e. The van der Waals surface area contributed by atoms with Gasteiger partial charge in [-0.05, 0) is 61.4 Å². The monoisotopic (exact) mass is 355 g/mol. The normalized spacial score (nSPS) is 22.0. The molecule has 0 aliphatic carbocycles. The fourth-order valence-corrected chi connectivity index (χ4v) is 3.62. The molecule has 2 aromatic carbocycles. The van der Waals surface area contributed by atoms with Crippen molar-refractivity contribution in [3.8, 4) is 0 Å². The molecule has 2 aliphatic rings. The van der Waals surface area contributed by atoms with Crippen LogP contribution in [0.4, 0.5) is 4.39 Å². The summed E-state index contributed by atoms with van der Waals surface area (Å²) in [6.07, 6.45) is 6.18. The summed E-state index contributed by atoms with van der Waals surface area (Å²) in [7, 11) is 0. The van der Waals surface area contributed by atoms with Gasteiger partial charge in [0.2, 0.25) is 6.41 Å². The van der Waals surface area contributed by atoms with E-state index in [4.69, 9.17) is 4.74 Å². The van der Waals surface area contributed by atoms with Crippen molar-refractivity contribution in [1.29, 1.82) is 0 Å². The number of carbonyl (C=O) groups is 1. The van der Waals surface area contributed by atoms with Crippen molar-refractivity contribution in [2.45, 2.75) is 44.8 Å². The van der Waals surface area contributed by atoms with E-state index in [1.807, 2.05) is 18.2 Å². The highest BCUT2D eigenvalue weighted by Gasteiger charge is 2.27. The maximum absolute atomic E-state index is 13.0. The van der Waals surface area contributed by atoms with Gasteiger partial charge in [-0.1, -0.05) is 36.4 Å². The fourth-order valence-electron chi connectivity index (χ4n) is 3.62. The molecule has 26 heavy (non-hydrogen) atoms. The van der Waals surface area contributed by atoms with Crippen LogP contribution in [0, 0.1) is 5.82 Å². The molecule has 2 heterocycles. The molecule has 1 amide bonds. The highest BCUT2D eigenvalue weighted by molar-refractivity contribution is 5.54. The van der Waals surface area contributed by atoms with E-state index in [0.29, 0.717) is 12.6 Å². The van der Waals surface area contributed by atoms with Crippen LogP contribution in [0.15, 0.2) is 48.5 Å². The third kappa shape index (κ3) is 4.50. The Morgan fingerprint density at radius 1 is 1.12 bits per heavy atom. The number of carbonyl (C=O) groups excluding carboxylic acids is 1. The van der Waals surface area contributed by atoms with Gasteiger partial charge < -0.3 is 9.64 Å². The van der Waals surface area contributed by atoms with Crippen molar-refractivity contribution in [1.82, 2.24) is 4.90 Å². The van der Waals surface area contributed by atoms with Gasteiger partial charge in [0, 0.05) is 13.2 Å². The zero-order valence-electron chi connectivity index (χ0n) is 15.2. The molecule has 0 bridgehead atoms. The molecule has 0 aromatic heterocycles. The van der Waals surface area contributed by atoms with Crippen LogP contribution in [-0.2, 0) is 16.0 Å². The molecule has 4 heteroatoms. The zero-order valence-corrected chi connectivity index (χ0v) is 15.2. The number of fused-ring (bicyclic) bond motifs is 1. The SMILES string of the molecule is CC1CCCCO1.O=CN1CCc2ccccc2[C@@H]1c1ccc(F)cc1. The molecule has 138 valence electrons. The second-order valence-corrected chi connectivity index (χ2v) is 6.92. The molecule has 2 aromatic rings. The van der Waals surface area contributed by atoms with Crippen molar-refractivity contribution in [3.05, 3.63) is 71.0 Å². The first-order valence-corrected chi connectivity index (χ1v) is 9.35. The van der Waals surface area contributed by atoms with E-state index in [0.717, 1.165) is 30.6 Å². The van der Waals surface area contributed by atoms with Crippen LogP contribution < -0.4 is 0 Å². The van der Waals surface area contributed by atoms with E-state index in [1.165, 1.54) is 37.0 Å². The molecule has 3 nitrogen and oxygen atoms in total. The Bertz CT molecular complexity index is 710. The predicted octanol–water partition coefficient (Wildman–Crippen LogP) is 4.51. The molecule has 1 saturated heterocycles. The summed E-state index contributed by atoms with van der Waals surface area (Å²) in [5.74, 6) is -0.259. The molecule has 0 saturated carbocycles. The van der Waals surface area contributed by atoms with E-state index in [9.17, 15) is 9.18 Å². The summed E-state index contributed by atoms with van der Waals surface area (Å²) >= 11 is 0. The lowest BCUT2D eigenvalue weighted by molar-refractivity contribution is -0.119. The number of hydrogen-bond donors (Lipinski definition) is 0. The third-order valence-corrected chi connectivity index (χ3v) is 5.05. The maximum atomic E-state index is 13.0. The van der Waals surface area contributed by atoms with Gasteiger partial charge in [-0.15, -0.1) is 0 Å². The standard InChI is InChI=1S/C16H14FNO.C6H12O/c17-14-7-5-13(6-8-14)16-15-4-2-1-3-12(15)9-10-18(16)11-19;1-6-4-2-3-5-7-6/h1-8,11,16H,9-10H2;6H,2-5H2,1H3/t16-;/m0./s1. The lowest BCUT2D eigenvalue weighted by atomic mass is 9.88. The topological polar surface area (TPSA) is 29.5 Å². The van der Waals surface area contributed by atoms with Crippen LogP contribution in [0.2, 0.25) is 0 Å². The number of ether oxygens (including phenoxy) is 1. The van der Waals surface area contributed by atoms with Gasteiger partial charge in [0.05, 0.1) is 12.1 Å².